The Kier molecular flexibility index (Phi) is 5.39. The van der Waals surface area contributed by atoms with Gasteiger partial charge in [-0.15, -0.1) is 0 Å². The van der Waals surface area contributed by atoms with E-state index in [1.54, 1.807) is 18.2 Å². The van der Waals surface area contributed by atoms with E-state index in [2.05, 4.69) is 0 Å². The summed E-state index contributed by atoms with van der Waals surface area (Å²) in [7, 11) is 0. The zero-order valence-corrected chi connectivity index (χ0v) is 16.0. The van der Waals surface area contributed by atoms with Gasteiger partial charge >= 0.3 is 6.18 Å². The third kappa shape index (κ3) is 4.17. The van der Waals surface area contributed by atoms with Crippen LogP contribution in [0.3, 0.4) is 0 Å². The van der Waals surface area contributed by atoms with Gasteiger partial charge in [0.1, 0.15) is 11.6 Å². The summed E-state index contributed by atoms with van der Waals surface area (Å²) in [6, 6.07) is 15.5. The van der Waals surface area contributed by atoms with Crippen molar-refractivity contribution in [3.8, 4) is 11.8 Å². The molecule has 0 aliphatic carbocycles. The zero-order valence-electron chi connectivity index (χ0n) is 16.0. The summed E-state index contributed by atoms with van der Waals surface area (Å²) >= 11 is 0. The number of alkyl halides is 3. The van der Waals surface area contributed by atoms with Gasteiger partial charge in [-0.25, -0.2) is 17.6 Å². The number of rotatable bonds is 2. The van der Waals surface area contributed by atoms with Crippen molar-refractivity contribution in [2.75, 3.05) is 0 Å². The average molecular weight is 444 g/mol. The van der Waals surface area contributed by atoms with Crippen molar-refractivity contribution >= 4 is 33.2 Å². The third-order valence-corrected chi connectivity index (χ3v) is 4.81. The quantitative estimate of drug-likeness (QED) is 0.167. The molecule has 0 saturated heterocycles. The van der Waals surface area contributed by atoms with Crippen molar-refractivity contribution in [2.24, 2.45) is 0 Å². The summed E-state index contributed by atoms with van der Waals surface area (Å²) in [5.41, 5.74) is -1.35. The van der Waals surface area contributed by atoms with E-state index < -0.39 is 35.0 Å². The van der Waals surface area contributed by atoms with Gasteiger partial charge in [0.25, 0.3) is 0 Å². The predicted octanol–water partition coefficient (Wildman–Crippen LogP) is 7.95. The lowest BCUT2D eigenvalue weighted by molar-refractivity contribution is -0.0696. The van der Waals surface area contributed by atoms with Crippen molar-refractivity contribution in [2.45, 2.75) is 6.18 Å². The second-order valence-electron chi connectivity index (χ2n) is 6.92. The molecule has 0 fully saturated rings. The molecule has 0 bridgehead atoms. The maximum atomic E-state index is 14.8. The number of hydrogen-bond donors (Lipinski definition) is 0. The highest BCUT2D eigenvalue weighted by atomic mass is 19.4. The van der Waals surface area contributed by atoms with E-state index >= 15 is 0 Å². The molecule has 0 saturated carbocycles. The highest BCUT2D eigenvalue weighted by Crippen LogP contribution is 2.33. The Hall–Kier alpha value is -3.79. The maximum absolute atomic E-state index is 14.8. The molecule has 0 heterocycles. The number of halogens is 7. The summed E-state index contributed by atoms with van der Waals surface area (Å²) in [6.45, 7) is 0. The minimum atomic E-state index is -4.92. The molecule has 0 amide bonds. The summed E-state index contributed by atoms with van der Waals surface area (Å²) in [5, 5.41) is 1.10. The molecule has 4 aromatic rings. The van der Waals surface area contributed by atoms with Crippen LogP contribution in [0.1, 0.15) is 16.7 Å². The van der Waals surface area contributed by atoms with Gasteiger partial charge < -0.3 is 0 Å². The second-order valence-corrected chi connectivity index (χ2v) is 6.92. The molecule has 0 N–H and O–H groups in total. The van der Waals surface area contributed by atoms with E-state index in [0.717, 1.165) is 35.6 Å². The van der Waals surface area contributed by atoms with Gasteiger partial charge in [0.2, 0.25) is 0 Å². The van der Waals surface area contributed by atoms with Gasteiger partial charge in [0.15, 0.2) is 11.7 Å². The van der Waals surface area contributed by atoms with Crippen LogP contribution >= 0.6 is 0 Å². The van der Waals surface area contributed by atoms with E-state index in [1.807, 2.05) is 12.1 Å². The van der Waals surface area contributed by atoms with Crippen LogP contribution in [0.5, 0.6) is 0 Å². The van der Waals surface area contributed by atoms with Gasteiger partial charge in [-0.3, -0.25) is 0 Å². The smallest absolute Gasteiger partial charge is 0.205 e. The van der Waals surface area contributed by atoms with Gasteiger partial charge in [0.05, 0.1) is 5.56 Å². The fraction of sp³-hybridized carbons (Fsp3) is 0.0400. The van der Waals surface area contributed by atoms with E-state index in [1.165, 1.54) is 18.1 Å². The van der Waals surface area contributed by atoms with Crippen LogP contribution in [0.15, 0.2) is 66.7 Å². The molecule has 0 spiro atoms. The Balaban J connectivity index is 1.79. The minimum Gasteiger partial charge on any atom is -0.205 e. The Labute approximate surface area is 177 Å². The van der Waals surface area contributed by atoms with Crippen molar-refractivity contribution in [3.05, 3.63) is 95.1 Å². The second kappa shape index (κ2) is 8.04. The fourth-order valence-corrected chi connectivity index (χ4v) is 3.29. The molecule has 7 heteroatoms. The highest BCUT2D eigenvalue weighted by molar-refractivity contribution is 5.93. The van der Waals surface area contributed by atoms with Crippen molar-refractivity contribution in [1.82, 2.24) is 0 Å². The molecule has 32 heavy (non-hydrogen) atoms. The topological polar surface area (TPSA) is 0 Å². The van der Waals surface area contributed by atoms with Crippen LogP contribution in [0.4, 0.5) is 30.7 Å². The first-order chi connectivity index (χ1) is 15.1. The monoisotopic (exact) mass is 444 g/mol. The Morgan fingerprint density at radius 1 is 0.688 bits per heavy atom. The van der Waals surface area contributed by atoms with E-state index in [-0.39, 0.29) is 21.9 Å². The Morgan fingerprint density at radius 2 is 1.28 bits per heavy atom. The standard InChI is InChI=1S/C25H11F7/c26-21-13-18-12-17(7-8-19(18)24(29)20(21)9-10-25(30,31)32)23(28)22(27)16-6-5-14-3-1-2-4-15(14)11-16/h1-8,11-13H/b23-22+. The summed E-state index contributed by atoms with van der Waals surface area (Å²) < 4.78 is 95.1. The minimum absolute atomic E-state index is 0.0172. The Bertz CT molecular complexity index is 1450. The molecule has 0 aliphatic heterocycles. The summed E-state index contributed by atoms with van der Waals surface area (Å²) in [5.74, 6) is -2.82. The molecule has 4 rings (SSSR count). The SMILES string of the molecule is F/C(=C(/F)c1ccc2c(F)c(C#CC(F)(F)F)c(F)cc2c1)c1ccc2ccccc2c1. The van der Waals surface area contributed by atoms with Crippen LogP contribution < -0.4 is 0 Å². The highest BCUT2D eigenvalue weighted by Gasteiger charge is 2.24. The number of benzene rings is 4. The molecular formula is C25H11F7. The molecule has 0 atom stereocenters. The fourth-order valence-electron chi connectivity index (χ4n) is 3.29. The third-order valence-electron chi connectivity index (χ3n) is 4.81. The van der Waals surface area contributed by atoms with Crippen LogP contribution in [0.2, 0.25) is 0 Å². The first-order valence-corrected chi connectivity index (χ1v) is 9.20. The van der Waals surface area contributed by atoms with Crippen LogP contribution in [0, 0.1) is 23.5 Å². The molecule has 0 aliphatic rings. The molecule has 0 radical (unpaired) electrons. The van der Waals surface area contributed by atoms with Crippen molar-refractivity contribution in [3.63, 3.8) is 0 Å². The molecule has 160 valence electrons. The van der Waals surface area contributed by atoms with Crippen LogP contribution in [-0.2, 0) is 0 Å². The first kappa shape index (κ1) is 21.4. The number of hydrogen-bond acceptors (Lipinski definition) is 0. The lowest BCUT2D eigenvalue weighted by atomic mass is 10.0. The molecule has 0 aromatic heterocycles. The van der Waals surface area contributed by atoms with E-state index in [0.29, 0.717) is 5.39 Å². The van der Waals surface area contributed by atoms with Crippen molar-refractivity contribution < 1.29 is 30.7 Å². The lowest BCUT2D eigenvalue weighted by Crippen LogP contribution is -2.02. The van der Waals surface area contributed by atoms with Crippen LogP contribution in [-0.4, -0.2) is 6.18 Å². The molecule has 0 nitrogen and oxygen atoms in total. The molecular weight excluding hydrogens is 433 g/mol. The summed E-state index contributed by atoms with van der Waals surface area (Å²) in [6.07, 6.45) is -4.92. The van der Waals surface area contributed by atoms with Gasteiger partial charge in [0, 0.05) is 22.4 Å². The number of fused-ring (bicyclic) bond motifs is 2. The van der Waals surface area contributed by atoms with E-state index in [4.69, 9.17) is 0 Å². The van der Waals surface area contributed by atoms with Crippen molar-refractivity contribution in [1.29, 1.82) is 0 Å². The molecule has 4 aromatic carbocycles. The van der Waals surface area contributed by atoms with E-state index in [9.17, 15) is 30.7 Å². The molecule has 0 unspecified atom stereocenters. The van der Waals surface area contributed by atoms with Crippen LogP contribution in [0.25, 0.3) is 33.2 Å². The van der Waals surface area contributed by atoms with Gasteiger partial charge in [-0.1, -0.05) is 54.5 Å². The normalized spacial score (nSPS) is 12.5. The Morgan fingerprint density at radius 3 is 1.94 bits per heavy atom. The van der Waals surface area contributed by atoms with Gasteiger partial charge in [-0.2, -0.15) is 13.2 Å². The maximum Gasteiger partial charge on any atom is 0.458 e. The van der Waals surface area contributed by atoms with Gasteiger partial charge in [-0.05, 0) is 34.4 Å². The average Bonchev–Trinajstić information content (AvgIpc) is 2.76. The summed E-state index contributed by atoms with van der Waals surface area (Å²) in [4.78, 5) is 0. The predicted molar refractivity (Wildman–Crippen MR) is 110 cm³/mol. The zero-order chi connectivity index (χ0) is 23.0. The lowest BCUT2D eigenvalue weighted by Gasteiger charge is -2.08. The largest absolute Gasteiger partial charge is 0.458 e. The first-order valence-electron chi connectivity index (χ1n) is 9.20.